The van der Waals surface area contributed by atoms with Crippen LogP contribution in [0.3, 0.4) is 0 Å². The van der Waals surface area contributed by atoms with Gasteiger partial charge in [-0.25, -0.2) is 5.43 Å². The Bertz CT molecular complexity index is 1220. The van der Waals surface area contributed by atoms with Gasteiger partial charge in [0.05, 0.1) is 37.2 Å². The highest BCUT2D eigenvalue weighted by Crippen LogP contribution is 2.24. The molecular formula is C23H18Cl4N4O. The predicted octanol–water partition coefficient (Wildman–Crippen LogP) is 7.29. The molecule has 0 atom stereocenters. The second-order valence-electron chi connectivity index (χ2n) is 6.79. The third kappa shape index (κ3) is 6.24. The van der Waals surface area contributed by atoms with Gasteiger partial charge in [-0.15, -0.1) is 0 Å². The van der Waals surface area contributed by atoms with Gasteiger partial charge in [0, 0.05) is 5.56 Å². The SMILES string of the molecule is C/C(=N/NC(=O)c1cccc(N/N=C(/C)c2ccc(Cl)c(Cl)c2)c1)c1ccc(Cl)c(Cl)c1. The molecule has 3 aromatic rings. The molecule has 32 heavy (non-hydrogen) atoms. The smallest absolute Gasteiger partial charge is 0.271 e. The molecule has 0 saturated carbocycles. The molecule has 0 spiro atoms. The number of carbonyl (C=O) groups excluding carboxylic acids is 1. The van der Waals surface area contributed by atoms with Crippen LogP contribution in [0.15, 0.2) is 70.9 Å². The first kappa shape index (κ1) is 24.1. The molecule has 0 aromatic heterocycles. The van der Waals surface area contributed by atoms with E-state index in [0.29, 0.717) is 42.8 Å². The van der Waals surface area contributed by atoms with Crippen LogP contribution < -0.4 is 10.9 Å². The summed E-state index contributed by atoms with van der Waals surface area (Å²) < 4.78 is 0. The van der Waals surface area contributed by atoms with E-state index in [1.54, 1.807) is 61.5 Å². The fourth-order valence-corrected chi connectivity index (χ4v) is 3.25. The van der Waals surface area contributed by atoms with E-state index in [0.717, 1.165) is 11.1 Å². The van der Waals surface area contributed by atoms with Crippen LogP contribution in [0, 0.1) is 0 Å². The number of hydrazone groups is 2. The summed E-state index contributed by atoms with van der Waals surface area (Å²) in [5.74, 6) is -0.363. The fraction of sp³-hybridized carbons (Fsp3) is 0.0870. The number of carbonyl (C=O) groups is 1. The molecule has 0 radical (unpaired) electrons. The molecule has 164 valence electrons. The van der Waals surface area contributed by atoms with Crippen LogP contribution in [0.1, 0.15) is 35.3 Å². The second-order valence-corrected chi connectivity index (χ2v) is 8.41. The summed E-state index contributed by atoms with van der Waals surface area (Å²) in [4.78, 5) is 12.5. The Labute approximate surface area is 206 Å². The van der Waals surface area contributed by atoms with Crippen LogP contribution in [0.4, 0.5) is 5.69 Å². The first-order chi connectivity index (χ1) is 15.2. The Morgan fingerprint density at radius 1 is 0.688 bits per heavy atom. The molecule has 0 aliphatic carbocycles. The molecule has 0 aliphatic heterocycles. The first-order valence-electron chi connectivity index (χ1n) is 9.40. The average molecular weight is 508 g/mol. The number of hydrogen-bond donors (Lipinski definition) is 2. The van der Waals surface area contributed by atoms with Crippen molar-refractivity contribution in [2.24, 2.45) is 10.2 Å². The lowest BCUT2D eigenvalue weighted by atomic mass is 10.1. The standard InChI is InChI=1S/C23H18Cl4N4O/c1-13(15-6-8-19(24)21(26)11-15)28-30-18-5-3-4-17(10-18)23(32)31-29-14(2)16-7-9-20(25)22(27)12-16/h3-12,30H,1-2H3,(H,31,32)/b28-13-,29-14-. The van der Waals surface area contributed by atoms with Gasteiger partial charge in [0.1, 0.15) is 0 Å². The van der Waals surface area contributed by atoms with Crippen molar-refractivity contribution >= 4 is 69.4 Å². The van der Waals surface area contributed by atoms with Gasteiger partial charge < -0.3 is 0 Å². The number of hydrogen-bond acceptors (Lipinski definition) is 4. The zero-order valence-electron chi connectivity index (χ0n) is 17.1. The largest absolute Gasteiger partial charge is 0.278 e. The maximum atomic E-state index is 12.5. The summed E-state index contributed by atoms with van der Waals surface area (Å²) in [7, 11) is 0. The number of benzene rings is 3. The average Bonchev–Trinajstić information content (AvgIpc) is 2.79. The molecule has 0 fully saturated rings. The Hall–Kier alpha value is -2.57. The monoisotopic (exact) mass is 506 g/mol. The van der Waals surface area contributed by atoms with Gasteiger partial charge in [0.15, 0.2) is 0 Å². The molecule has 3 aromatic carbocycles. The van der Waals surface area contributed by atoms with Crippen molar-refractivity contribution in [1.29, 1.82) is 0 Å². The first-order valence-corrected chi connectivity index (χ1v) is 10.9. The molecule has 1 amide bonds. The van der Waals surface area contributed by atoms with Gasteiger partial charge >= 0.3 is 0 Å². The van der Waals surface area contributed by atoms with E-state index in [4.69, 9.17) is 46.4 Å². The van der Waals surface area contributed by atoms with Crippen LogP contribution in [-0.2, 0) is 0 Å². The molecule has 0 bridgehead atoms. The molecule has 0 saturated heterocycles. The zero-order valence-corrected chi connectivity index (χ0v) is 20.1. The Morgan fingerprint density at radius 2 is 1.25 bits per heavy atom. The van der Waals surface area contributed by atoms with Gasteiger partial charge in [0.2, 0.25) is 0 Å². The fourth-order valence-electron chi connectivity index (χ4n) is 2.65. The van der Waals surface area contributed by atoms with Crippen molar-refractivity contribution < 1.29 is 4.79 Å². The van der Waals surface area contributed by atoms with Crippen molar-refractivity contribution in [3.63, 3.8) is 0 Å². The lowest BCUT2D eigenvalue weighted by Gasteiger charge is -2.07. The van der Waals surface area contributed by atoms with E-state index in [1.807, 2.05) is 13.0 Å². The van der Waals surface area contributed by atoms with Crippen LogP contribution in [0.2, 0.25) is 20.1 Å². The van der Waals surface area contributed by atoms with E-state index in [9.17, 15) is 4.79 Å². The molecule has 0 unspecified atom stereocenters. The zero-order chi connectivity index (χ0) is 23.3. The number of nitrogens with zero attached hydrogens (tertiary/aromatic N) is 2. The van der Waals surface area contributed by atoms with Crippen LogP contribution in [0.5, 0.6) is 0 Å². The van der Waals surface area contributed by atoms with Crippen molar-refractivity contribution in [3.8, 4) is 0 Å². The summed E-state index contributed by atoms with van der Waals surface area (Å²) in [5, 5.41) is 10.3. The number of nitrogens with one attached hydrogen (secondary N) is 2. The minimum absolute atomic E-state index is 0.363. The predicted molar refractivity (Wildman–Crippen MR) is 135 cm³/mol. The highest BCUT2D eigenvalue weighted by atomic mass is 35.5. The third-order valence-electron chi connectivity index (χ3n) is 4.48. The van der Waals surface area contributed by atoms with Crippen molar-refractivity contribution in [3.05, 3.63) is 97.4 Å². The van der Waals surface area contributed by atoms with Gasteiger partial charge in [0.25, 0.3) is 5.91 Å². The molecule has 9 heteroatoms. The summed E-state index contributed by atoms with van der Waals surface area (Å²) >= 11 is 24.0. The van der Waals surface area contributed by atoms with Gasteiger partial charge in [-0.3, -0.25) is 10.2 Å². The van der Waals surface area contributed by atoms with Crippen LogP contribution >= 0.6 is 46.4 Å². The Balaban J connectivity index is 1.68. The normalized spacial score (nSPS) is 11.9. The number of amides is 1. The quantitative estimate of drug-likeness (QED) is 0.271. The van der Waals surface area contributed by atoms with E-state index >= 15 is 0 Å². The molecule has 3 rings (SSSR count). The van der Waals surface area contributed by atoms with Crippen LogP contribution in [-0.4, -0.2) is 17.3 Å². The number of halogens is 4. The highest BCUT2D eigenvalue weighted by Gasteiger charge is 2.08. The molecule has 2 N–H and O–H groups in total. The Kier molecular flexibility index (Phi) is 8.15. The molecule has 0 aliphatic rings. The topological polar surface area (TPSA) is 65.8 Å². The second kappa shape index (κ2) is 10.8. The molecular weight excluding hydrogens is 490 g/mol. The number of anilines is 1. The maximum absolute atomic E-state index is 12.5. The van der Waals surface area contributed by atoms with Gasteiger partial charge in [-0.2, -0.15) is 10.2 Å². The summed E-state index contributed by atoms with van der Waals surface area (Å²) in [6, 6.07) is 17.3. The van der Waals surface area contributed by atoms with Crippen molar-refractivity contribution in [2.75, 3.05) is 5.43 Å². The minimum Gasteiger partial charge on any atom is -0.278 e. The van der Waals surface area contributed by atoms with E-state index in [2.05, 4.69) is 21.1 Å². The summed E-state index contributed by atoms with van der Waals surface area (Å²) in [6.07, 6.45) is 0. The molecule has 0 heterocycles. The summed E-state index contributed by atoms with van der Waals surface area (Å²) in [5.41, 5.74) is 9.43. The van der Waals surface area contributed by atoms with Gasteiger partial charge in [-0.05, 0) is 67.4 Å². The minimum atomic E-state index is -0.363. The highest BCUT2D eigenvalue weighted by molar-refractivity contribution is 6.42. The third-order valence-corrected chi connectivity index (χ3v) is 5.96. The van der Waals surface area contributed by atoms with E-state index in [1.165, 1.54) is 0 Å². The number of rotatable bonds is 6. The van der Waals surface area contributed by atoms with Crippen molar-refractivity contribution in [2.45, 2.75) is 13.8 Å². The molecule has 5 nitrogen and oxygen atoms in total. The van der Waals surface area contributed by atoms with Crippen LogP contribution in [0.25, 0.3) is 0 Å². The lowest BCUT2D eigenvalue weighted by molar-refractivity contribution is 0.0955. The lowest BCUT2D eigenvalue weighted by Crippen LogP contribution is -2.19. The van der Waals surface area contributed by atoms with E-state index in [-0.39, 0.29) is 5.91 Å². The van der Waals surface area contributed by atoms with Gasteiger partial charge in [-0.1, -0.05) is 64.6 Å². The van der Waals surface area contributed by atoms with E-state index < -0.39 is 0 Å². The maximum Gasteiger partial charge on any atom is 0.271 e. The Morgan fingerprint density at radius 3 is 1.81 bits per heavy atom. The van der Waals surface area contributed by atoms with Crippen molar-refractivity contribution in [1.82, 2.24) is 5.43 Å². The summed E-state index contributed by atoms with van der Waals surface area (Å²) in [6.45, 7) is 3.60.